The third-order valence-corrected chi connectivity index (χ3v) is 6.04. The molecule has 0 unspecified atom stereocenters. The van der Waals surface area contributed by atoms with Crippen LogP contribution in [0.15, 0.2) is 24.3 Å². The quantitative estimate of drug-likeness (QED) is 0.727. The molecule has 138 valence electrons. The summed E-state index contributed by atoms with van der Waals surface area (Å²) in [5.74, 6) is 1.67. The van der Waals surface area contributed by atoms with Crippen molar-refractivity contribution in [3.05, 3.63) is 46.1 Å². The van der Waals surface area contributed by atoms with E-state index >= 15 is 0 Å². The molecule has 0 atom stereocenters. The highest BCUT2D eigenvalue weighted by Crippen LogP contribution is 2.34. The molecule has 0 saturated carbocycles. The minimum absolute atomic E-state index is 0.626. The lowest BCUT2D eigenvalue weighted by Crippen LogP contribution is -3.12. The number of morpholine rings is 1. The lowest BCUT2D eigenvalue weighted by atomic mass is 10.2. The van der Waals surface area contributed by atoms with Crippen molar-refractivity contribution in [3.63, 3.8) is 0 Å². The molecule has 2 N–H and O–H groups in total. The number of nitrogens with one attached hydrogen (secondary N) is 2. The van der Waals surface area contributed by atoms with Gasteiger partial charge in [-0.15, -0.1) is 11.3 Å². The smallest absolute Gasteiger partial charge is 0.187 e. The van der Waals surface area contributed by atoms with E-state index in [0.29, 0.717) is 5.56 Å². The summed E-state index contributed by atoms with van der Waals surface area (Å²) >= 11 is 1.71. The summed E-state index contributed by atoms with van der Waals surface area (Å²) in [4.78, 5) is 13.4. The van der Waals surface area contributed by atoms with Crippen molar-refractivity contribution in [3.8, 4) is 6.07 Å². The van der Waals surface area contributed by atoms with Crippen LogP contribution in [-0.2, 0) is 11.3 Å². The number of hydrogen-bond acceptors (Lipinski definition) is 6. The van der Waals surface area contributed by atoms with Gasteiger partial charge >= 0.3 is 0 Å². The van der Waals surface area contributed by atoms with Crippen molar-refractivity contribution in [1.82, 2.24) is 9.97 Å². The van der Waals surface area contributed by atoms with E-state index in [9.17, 15) is 0 Å². The molecule has 0 radical (unpaired) electrons. The number of quaternary nitrogens is 1. The van der Waals surface area contributed by atoms with Gasteiger partial charge < -0.3 is 15.0 Å². The van der Waals surface area contributed by atoms with Crippen LogP contribution in [0.5, 0.6) is 0 Å². The second-order valence-electron chi connectivity index (χ2n) is 6.81. The van der Waals surface area contributed by atoms with E-state index in [1.165, 1.54) is 15.3 Å². The molecule has 1 aromatic carbocycles. The highest BCUT2D eigenvalue weighted by molar-refractivity contribution is 7.18. The SMILES string of the molecule is Cc1sc2nc(C[NH+]3CCOCC3)nc(Nc3cccc(C#N)c3)c2c1C. The Hall–Kier alpha value is -2.53. The summed E-state index contributed by atoms with van der Waals surface area (Å²) in [7, 11) is 0. The maximum absolute atomic E-state index is 9.16. The monoisotopic (exact) mass is 380 g/mol. The highest BCUT2D eigenvalue weighted by Gasteiger charge is 2.19. The molecular formula is C20H22N5OS+. The summed E-state index contributed by atoms with van der Waals surface area (Å²) in [6.07, 6.45) is 0. The van der Waals surface area contributed by atoms with Crippen molar-refractivity contribution in [1.29, 1.82) is 5.26 Å². The van der Waals surface area contributed by atoms with Crippen molar-refractivity contribution in [2.75, 3.05) is 31.6 Å². The van der Waals surface area contributed by atoms with Crippen LogP contribution < -0.4 is 10.2 Å². The molecule has 6 nitrogen and oxygen atoms in total. The zero-order chi connectivity index (χ0) is 18.8. The van der Waals surface area contributed by atoms with Gasteiger partial charge in [0.1, 0.15) is 30.3 Å². The van der Waals surface area contributed by atoms with Gasteiger partial charge in [0.05, 0.1) is 30.2 Å². The fraction of sp³-hybridized carbons (Fsp3) is 0.350. The number of aryl methyl sites for hydroxylation is 2. The van der Waals surface area contributed by atoms with Crippen LogP contribution in [0.4, 0.5) is 11.5 Å². The Kier molecular flexibility index (Phi) is 5.03. The Bertz CT molecular complexity index is 1020. The van der Waals surface area contributed by atoms with Gasteiger partial charge in [0, 0.05) is 10.6 Å². The molecule has 0 aliphatic carbocycles. The van der Waals surface area contributed by atoms with Gasteiger partial charge in [-0.05, 0) is 37.6 Å². The number of nitriles is 1. The minimum Gasteiger partial charge on any atom is -0.370 e. The molecule has 1 aliphatic rings. The third-order valence-electron chi connectivity index (χ3n) is 4.94. The van der Waals surface area contributed by atoms with Crippen LogP contribution in [0.25, 0.3) is 10.2 Å². The first-order chi connectivity index (χ1) is 13.1. The topological polar surface area (TPSA) is 75.3 Å². The van der Waals surface area contributed by atoms with Crippen LogP contribution in [-0.4, -0.2) is 36.3 Å². The van der Waals surface area contributed by atoms with Gasteiger partial charge in [0.2, 0.25) is 0 Å². The molecule has 4 rings (SSSR count). The number of nitrogens with zero attached hydrogens (tertiary/aromatic N) is 3. The van der Waals surface area contributed by atoms with Gasteiger partial charge in [-0.1, -0.05) is 6.07 Å². The lowest BCUT2D eigenvalue weighted by molar-refractivity contribution is -0.922. The average molecular weight is 380 g/mol. The number of benzene rings is 1. The number of thiophene rings is 1. The van der Waals surface area contributed by atoms with E-state index < -0.39 is 0 Å². The molecule has 0 bridgehead atoms. The van der Waals surface area contributed by atoms with E-state index in [0.717, 1.165) is 60.4 Å². The Balaban J connectivity index is 1.73. The Morgan fingerprint density at radius 3 is 2.85 bits per heavy atom. The number of ether oxygens (including phenoxy) is 1. The largest absolute Gasteiger partial charge is 0.370 e. The molecule has 0 amide bonds. The zero-order valence-corrected chi connectivity index (χ0v) is 16.3. The molecule has 0 spiro atoms. The van der Waals surface area contributed by atoms with E-state index in [1.807, 2.05) is 18.2 Å². The molecule has 1 saturated heterocycles. The number of hydrogen-bond donors (Lipinski definition) is 2. The standard InChI is InChI=1S/C20H21N5OS/c1-13-14(2)27-20-18(13)19(22-16-5-3-4-15(10-16)11-21)23-17(24-20)12-25-6-8-26-9-7-25/h3-5,10H,6-9,12H2,1-2H3,(H,22,23,24)/p+1. The normalized spacial score (nSPS) is 15.0. The van der Waals surface area contributed by atoms with Gasteiger partial charge in [0.25, 0.3) is 0 Å². The Morgan fingerprint density at radius 2 is 2.07 bits per heavy atom. The van der Waals surface area contributed by atoms with Crippen molar-refractivity contribution in [2.24, 2.45) is 0 Å². The van der Waals surface area contributed by atoms with Gasteiger partial charge in [-0.25, -0.2) is 9.97 Å². The van der Waals surface area contributed by atoms with Crippen molar-refractivity contribution < 1.29 is 9.64 Å². The second kappa shape index (κ2) is 7.61. The maximum atomic E-state index is 9.16. The van der Waals surface area contributed by atoms with Crippen LogP contribution in [0.3, 0.4) is 0 Å². The Morgan fingerprint density at radius 1 is 1.26 bits per heavy atom. The maximum Gasteiger partial charge on any atom is 0.187 e. The summed E-state index contributed by atoms with van der Waals surface area (Å²) < 4.78 is 5.45. The average Bonchev–Trinajstić information content (AvgIpc) is 2.97. The summed E-state index contributed by atoms with van der Waals surface area (Å²) in [5, 5.41) is 13.7. The summed E-state index contributed by atoms with van der Waals surface area (Å²) in [6, 6.07) is 9.66. The summed E-state index contributed by atoms with van der Waals surface area (Å²) in [5.41, 5.74) is 2.70. The van der Waals surface area contributed by atoms with Gasteiger partial charge in [-0.2, -0.15) is 5.26 Å². The number of rotatable bonds is 4. The minimum atomic E-state index is 0.626. The van der Waals surface area contributed by atoms with E-state index in [2.05, 4.69) is 25.2 Å². The van der Waals surface area contributed by atoms with Gasteiger partial charge in [-0.3, -0.25) is 0 Å². The fourth-order valence-electron chi connectivity index (χ4n) is 3.33. The zero-order valence-electron chi connectivity index (χ0n) is 15.5. The first-order valence-electron chi connectivity index (χ1n) is 9.09. The predicted octanol–water partition coefficient (Wildman–Crippen LogP) is 2.34. The van der Waals surface area contributed by atoms with Crippen molar-refractivity contribution in [2.45, 2.75) is 20.4 Å². The number of aromatic nitrogens is 2. The first-order valence-corrected chi connectivity index (χ1v) is 9.91. The summed E-state index contributed by atoms with van der Waals surface area (Å²) in [6.45, 7) is 8.58. The van der Waals surface area contributed by atoms with Gasteiger partial charge in [0.15, 0.2) is 5.82 Å². The molecule has 7 heteroatoms. The molecule has 2 aromatic heterocycles. The van der Waals surface area contributed by atoms with Crippen LogP contribution in [0.1, 0.15) is 21.8 Å². The highest BCUT2D eigenvalue weighted by atomic mass is 32.1. The molecular weight excluding hydrogens is 358 g/mol. The molecule has 3 aromatic rings. The van der Waals surface area contributed by atoms with Crippen LogP contribution in [0, 0.1) is 25.2 Å². The Labute approximate surface area is 162 Å². The van der Waals surface area contributed by atoms with E-state index in [-0.39, 0.29) is 0 Å². The second-order valence-corrected chi connectivity index (χ2v) is 8.01. The van der Waals surface area contributed by atoms with Crippen LogP contribution in [0.2, 0.25) is 0 Å². The number of anilines is 2. The molecule has 3 heterocycles. The first kappa shape index (κ1) is 17.9. The fourth-order valence-corrected chi connectivity index (χ4v) is 4.38. The number of fused-ring (bicyclic) bond motifs is 1. The van der Waals surface area contributed by atoms with E-state index in [4.69, 9.17) is 20.0 Å². The third kappa shape index (κ3) is 3.78. The lowest BCUT2D eigenvalue weighted by Gasteiger charge is -2.23. The van der Waals surface area contributed by atoms with Crippen molar-refractivity contribution >= 4 is 33.1 Å². The van der Waals surface area contributed by atoms with Crippen LogP contribution >= 0.6 is 11.3 Å². The molecule has 1 aliphatic heterocycles. The molecule has 27 heavy (non-hydrogen) atoms. The molecule has 1 fully saturated rings. The van der Waals surface area contributed by atoms with E-state index in [1.54, 1.807) is 17.4 Å². The predicted molar refractivity (Wildman–Crippen MR) is 107 cm³/mol.